The summed E-state index contributed by atoms with van der Waals surface area (Å²) < 4.78 is 6.76. The van der Waals surface area contributed by atoms with Crippen molar-refractivity contribution in [2.75, 3.05) is 7.11 Å². The first kappa shape index (κ1) is 12.0. The van der Waals surface area contributed by atoms with Gasteiger partial charge < -0.3 is 4.74 Å². The summed E-state index contributed by atoms with van der Waals surface area (Å²) in [5.74, 6) is 0.550. The van der Waals surface area contributed by atoms with Gasteiger partial charge in [0.25, 0.3) is 0 Å². The van der Waals surface area contributed by atoms with Gasteiger partial charge in [0.2, 0.25) is 0 Å². The Balaban J connectivity index is 2.51. The molecule has 2 rings (SSSR count). The van der Waals surface area contributed by atoms with E-state index in [0.717, 1.165) is 11.3 Å². The number of fused-ring (bicyclic) bond motifs is 1. The number of aliphatic imine (C=N–C) groups is 2. The second-order valence-corrected chi connectivity index (χ2v) is 3.48. The Morgan fingerprint density at radius 3 is 3.11 bits per heavy atom. The molecule has 0 amide bonds. The maximum atomic E-state index is 4.84. The Morgan fingerprint density at radius 2 is 2.33 bits per heavy atom. The maximum Gasteiger partial charge on any atom is 0.181 e. The van der Waals surface area contributed by atoms with Crippen molar-refractivity contribution in [3.63, 3.8) is 0 Å². The van der Waals surface area contributed by atoms with Gasteiger partial charge in [-0.1, -0.05) is 12.1 Å². The van der Waals surface area contributed by atoms with Gasteiger partial charge in [-0.15, -0.1) is 0 Å². The molecule has 0 saturated heterocycles. The fraction of sp³-hybridized carbons (Fsp3) is 0.154. The zero-order valence-corrected chi connectivity index (χ0v) is 10.3. The largest absolute Gasteiger partial charge is 0.486 e. The van der Waals surface area contributed by atoms with Crippen LogP contribution in [0.15, 0.2) is 52.9 Å². The van der Waals surface area contributed by atoms with Gasteiger partial charge in [-0.25, -0.2) is 9.98 Å². The van der Waals surface area contributed by atoms with Crippen LogP contribution in [-0.2, 0) is 4.74 Å². The molecule has 0 aliphatic heterocycles. The van der Waals surface area contributed by atoms with Gasteiger partial charge in [-0.05, 0) is 19.1 Å². The van der Waals surface area contributed by atoms with Gasteiger partial charge in [-0.3, -0.25) is 4.40 Å². The highest BCUT2D eigenvalue weighted by molar-refractivity contribution is 6.01. The second-order valence-electron chi connectivity index (χ2n) is 3.48. The van der Waals surface area contributed by atoms with Crippen LogP contribution in [0.5, 0.6) is 0 Å². The third-order valence-electron chi connectivity index (χ3n) is 2.27. The first-order chi connectivity index (χ1) is 8.86. The van der Waals surface area contributed by atoms with Gasteiger partial charge in [0.15, 0.2) is 12.2 Å². The first-order valence-corrected chi connectivity index (χ1v) is 5.53. The van der Waals surface area contributed by atoms with Crippen molar-refractivity contribution in [3.8, 4) is 0 Å². The zero-order valence-electron chi connectivity index (χ0n) is 10.3. The minimum atomic E-state index is 0.550. The maximum absolute atomic E-state index is 4.84. The Labute approximate surface area is 105 Å². The highest BCUT2D eigenvalue weighted by atomic mass is 16.5. The lowest BCUT2D eigenvalue weighted by atomic mass is 10.4. The number of methoxy groups -OCH3 is 1. The van der Waals surface area contributed by atoms with E-state index in [-0.39, 0.29) is 0 Å². The quantitative estimate of drug-likeness (QED) is 0.612. The topological polar surface area (TPSA) is 51.2 Å². The molecule has 0 fully saturated rings. The Hall–Kier alpha value is -2.43. The number of rotatable bonds is 3. The molecule has 0 aliphatic carbocycles. The molecule has 0 unspecified atom stereocenters. The van der Waals surface area contributed by atoms with Crippen LogP contribution in [-0.4, -0.2) is 28.7 Å². The molecule has 5 nitrogen and oxygen atoms in total. The van der Waals surface area contributed by atoms with Crippen molar-refractivity contribution in [1.82, 2.24) is 9.38 Å². The molecule has 2 heterocycles. The number of imidazole rings is 1. The molecule has 18 heavy (non-hydrogen) atoms. The van der Waals surface area contributed by atoms with Gasteiger partial charge in [0.05, 0.1) is 13.3 Å². The predicted octanol–water partition coefficient (Wildman–Crippen LogP) is 2.29. The fourth-order valence-electron chi connectivity index (χ4n) is 1.51. The number of ether oxygens (including phenoxy) is 1. The van der Waals surface area contributed by atoms with Gasteiger partial charge in [-0.2, -0.15) is 4.99 Å². The first-order valence-electron chi connectivity index (χ1n) is 5.53. The van der Waals surface area contributed by atoms with E-state index >= 15 is 0 Å². The van der Waals surface area contributed by atoms with E-state index in [4.69, 9.17) is 4.74 Å². The average Bonchev–Trinajstić information content (AvgIpc) is 2.83. The molecule has 92 valence electrons. The highest BCUT2D eigenvalue weighted by Gasteiger charge is 2.07. The number of nitrogens with zero attached hydrogens (tertiary/aromatic N) is 4. The van der Waals surface area contributed by atoms with E-state index in [1.54, 1.807) is 19.5 Å². The molecule has 0 radical (unpaired) electrons. The number of hydrogen-bond acceptors (Lipinski definition) is 3. The molecule has 5 heteroatoms. The van der Waals surface area contributed by atoms with Crippen LogP contribution in [0.2, 0.25) is 0 Å². The van der Waals surface area contributed by atoms with Gasteiger partial charge in [0.1, 0.15) is 11.3 Å². The van der Waals surface area contributed by atoms with Crippen molar-refractivity contribution in [1.29, 1.82) is 0 Å². The van der Waals surface area contributed by atoms with Crippen molar-refractivity contribution >= 4 is 17.9 Å². The van der Waals surface area contributed by atoms with E-state index in [1.165, 1.54) is 6.40 Å². The summed E-state index contributed by atoms with van der Waals surface area (Å²) >= 11 is 0. The Kier molecular flexibility index (Phi) is 3.86. The molecule has 0 spiro atoms. The van der Waals surface area contributed by atoms with Crippen LogP contribution >= 0.6 is 0 Å². The van der Waals surface area contributed by atoms with E-state index in [9.17, 15) is 0 Å². The Bertz CT molecular complexity index is 610. The summed E-state index contributed by atoms with van der Waals surface area (Å²) in [5.41, 5.74) is 1.67. The van der Waals surface area contributed by atoms with Crippen molar-refractivity contribution in [3.05, 3.63) is 48.6 Å². The minimum Gasteiger partial charge on any atom is -0.486 e. The summed E-state index contributed by atoms with van der Waals surface area (Å²) in [4.78, 5) is 12.7. The van der Waals surface area contributed by atoms with Crippen molar-refractivity contribution in [2.24, 2.45) is 9.98 Å². The molecule has 2 aromatic heterocycles. The minimum absolute atomic E-state index is 0.550. The van der Waals surface area contributed by atoms with Crippen molar-refractivity contribution in [2.45, 2.75) is 6.92 Å². The Morgan fingerprint density at radius 1 is 1.44 bits per heavy atom. The number of aromatic nitrogens is 2. The number of amidine groups is 1. The molecule has 0 saturated carbocycles. The summed E-state index contributed by atoms with van der Waals surface area (Å²) in [7, 11) is 1.55. The number of pyridine rings is 1. The summed E-state index contributed by atoms with van der Waals surface area (Å²) in [5, 5.41) is 0. The third-order valence-corrected chi connectivity index (χ3v) is 2.27. The fourth-order valence-corrected chi connectivity index (χ4v) is 1.51. The summed E-state index contributed by atoms with van der Waals surface area (Å²) in [6, 6.07) is 5.80. The van der Waals surface area contributed by atoms with Crippen LogP contribution < -0.4 is 0 Å². The summed E-state index contributed by atoms with van der Waals surface area (Å²) in [6.45, 7) is 1.90. The second kappa shape index (κ2) is 5.77. The number of hydrogen-bond donors (Lipinski definition) is 0. The van der Waals surface area contributed by atoms with Crippen LogP contribution in [0.25, 0.3) is 5.65 Å². The molecule has 0 N–H and O–H groups in total. The molecular formula is C13H14N4O. The smallest absolute Gasteiger partial charge is 0.181 e. The standard InChI is InChI=1S/C13H14N4O/c1-3-7-14-13(16-10-18-2)11-9-15-12-6-4-5-8-17(11)12/h3-10H,1-2H3. The molecule has 0 atom stereocenters. The molecule has 2 aromatic rings. The average molecular weight is 242 g/mol. The lowest BCUT2D eigenvalue weighted by Crippen LogP contribution is -2.02. The van der Waals surface area contributed by atoms with Crippen LogP contribution in [0.3, 0.4) is 0 Å². The normalized spacial score (nSPS) is 12.9. The zero-order chi connectivity index (χ0) is 12.8. The predicted molar refractivity (Wildman–Crippen MR) is 72.0 cm³/mol. The lowest BCUT2D eigenvalue weighted by Gasteiger charge is -2.00. The highest BCUT2D eigenvalue weighted by Crippen LogP contribution is 2.08. The van der Waals surface area contributed by atoms with Crippen molar-refractivity contribution < 1.29 is 4.74 Å². The number of allylic oxidation sites excluding steroid dienone is 1. The summed E-state index contributed by atoms with van der Waals surface area (Å²) in [6.07, 6.45) is 8.54. The van der Waals surface area contributed by atoms with E-state index in [0.29, 0.717) is 5.84 Å². The van der Waals surface area contributed by atoms with Gasteiger partial charge in [0, 0.05) is 12.4 Å². The van der Waals surface area contributed by atoms with E-state index < -0.39 is 0 Å². The van der Waals surface area contributed by atoms with Crippen LogP contribution in [0.4, 0.5) is 0 Å². The third kappa shape index (κ3) is 2.45. The molecule has 0 aliphatic rings. The van der Waals surface area contributed by atoms with E-state index in [2.05, 4.69) is 15.0 Å². The van der Waals surface area contributed by atoms with Crippen LogP contribution in [0, 0.1) is 0 Å². The molecular weight excluding hydrogens is 228 g/mol. The van der Waals surface area contributed by atoms with E-state index in [1.807, 2.05) is 41.8 Å². The lowest BCUT2D eigenvalue weighted by molar-refractivity contribution is 0.423. The van der Waals surface area contributed by atoms with Crippen LogP contribution in [0.1, 0.15) is 12.6 Å². The molecule has 0 bridgehead atoms. The molecule has 0 aromatic carbocycles. The van der Waals surface area contributed by atoms with Gasteiger partial charge >= 0.3 is 0 Å². The SMILES string of the molecule is CC=CN=C(N=COC)c1cnc2ccccn12. The monoisotopic (exact) mass is 242 g/mol.